The Hall–Kier alpha value is -0.420. The quantitative estimate of drug-likeness (QED) is 0.539. The Bertz CT molecular complexity index is 274. The molecule has 3 N–H and O–H groups in total. The summed E-state index contributed by atoms with van der Waals surface area (Å²) >= 11 is 0. The van der Waals surface area contributed by atoms with Crippen LogP contribution in [0.25, 0.3) is 0 Å². The van der Waals surface area contributed by atoms with E-state index in [1.807, 2.05) is 0 Å². The van der Waals surface area contributed by atoms with Gasteiger partial charge in [-0.25, -0.2) is 4.57 Å². The van der Waals surface area contributed by atoms with Crippen molar-refractivity contribution < 1.29 is 23.7 Å². The molecule has 0 aromatic carbocycles. The van der Waals surface area contributed by atoms with Crippen LogP contribution in [0.5, 0.6) is 0 Å². The average Bonchev–Trinajstić information content (AvgIpc) is 2.14. The molecule has 0 aromatic heterocycles. The van der Waals surface area contributed by atoms with Gasteiger partial charge in [0.1, 0.15) is 5.60 Å². The van der Waals surface area contributed by atoms with Gasteiger partial charge in [0, 0.05) is 6.54 Å². The van der Waals surface area contributed by atoms with Gasteiger partial charge in [-0.15, -0.1) is 0 Å². The summed E-state index contributed by atoms with van der Waals surface area (Å²) in [6, 6.07) is 0. The number of hydrogen-bond donors (Lipinski definition) is 3. The number of hydrogen-bond acceptors (Lipinski definition) is 3. The number of phosphoric acid groups is 1. The molecular formula is C6H12NO5P. The molecule has 1 heterocycles. The zero-order chi connectivity index (χ0) is 10.3. The molecule has 1 amide bonds. The molecule has 1 rings (SSSR count). The number of carbonyl (C=O) groups excluding carboxylic acids is 1. The Kier molecular flexibility index (Phi) is 2.51. The normalized spacial score (nSPS) is 34.8. The summed E-state index contributed by atoms with van der Waals surface area (Å²) in [4.78, 5) is 28.2. The zero-order valence-electron chi connectivity index (χ0n) is 7.35. The van der Waals surface area contributed by atoms with Gasteiger partial charge in [-0.3, -0.25) is 9.32 Å². The molecule has 0 bridgehead atoms. The molecule has 1 fully saturated rings. The molecule has 2 unspecified atom stereocenters. The lowest BCUT2D eigenvalue weighted by Crippen LogP contribution is -2.35. The van der Waals surface area contributed by atoms with Crippen molar-refractivity contribution in [3.63, 3.8) is 0 Å². The van der Waals surface area contributed by atoms with Gasteiger partial charge in [-0.1, -0.05) is 6.92 Å². The minimum Gasteiger partial charge on any atom is -0.353 e. The second-order valence-corrected chi connectivity index (χ2v) is 4.50. The molecule has 0 spiro atoms. The van der Waals surface area contributed by atoms with E-state index in [9.17, 15) is 9.36 Å². The Labute approximate surface area is 75.5 Å². The van der Waals surface area contributed by atoms with Gasteiger partial charge in [0.15, 0.2) is 0 Å². The van der Waals surface area contributed by atoms with Gasteiger partial charge in [0.05, 0.1) is 5.92 Å². The number of amides is 1. The van der Waals surface area contributed by atoms with E-state index in [0.29, 0.717) is 0 Å². The molecule has 1 saturated heterocycles. The summed E-state index contributed by atoms with van der Waals surface area (Å²) in [5, 5.41) is 2.48. The molecule has 0 radical (unpaired) electrons. The van der Waals surface area contributed by atoms with E-state index in [-0.39, 0.29) is 12.5 Å². The van der Waals surface area contributed by atoms with Gasteiger partial charge in [0.2, 0.25) is 5.91 Å². The third-order valence-corrected chi connectivity index (χ3v) is 2.91. The second kappa shape index (κ2) is 3.06. The number of nitrogens with one attached hydrogen (secondary N) is 1. The van der Waals surface area contributed by atoms with Crippen molar-refractivity contribution in [2.75, 3.05) is 6.54 Å². The number of phosphoric ester groups is 1. The molecular weight excluding hydrogens is 197 g/mol. The van der Waals surface area contributed by atoms with Crippen molar-refractivity contribution >= 4 is 13.7 Å². The third-order valence-electron chi connectivity index (χ3n) is 2.25. The zero-order valence-corrected chi connectivity index (χ0v) is 8.25. The maximum atomic E-state index is 11.0. The Morgan fingerprint density at radius 1 is 1.69 bits per heavy atom. The fourth-order valence-corrected chi connectivity index (χ4v) is 2.00. The molecule has 2 atom stereocenters. The molecule has 0 saturated carbocycles. The topological polar surface area (TPSA) is 95.9 Å². The van der Waals surface area contributed by atoms with Crippen molar-refractivity contribution in [1.29, 1.82) is 0 Å². The van der Waals surface area contributed by atoms with Gasteiger partial charge in [0.25, 0.3) is 0 Å². The van der Waals surface area contributed by atoms with E-state index in [0.717, 1.165) is 0 Å². The van der Waals surface area contributed by atoms with Crippen LogP contribution in [-0.4, -0.2) is 27.8 Å². The van der Waals surface area contributed by atoms with Crippen molar-refractivity contribution in [1.82, 2.24) is 5.32 Å². The highest BCUT2D eigenvalue weighted by Gasteiger charge is 2.46. The van der Waals surface area contributed by atoms with Crippen LogP contribution in [0.3, 0.4) is 0 Å². The first-order chi connectivity index (χ1) is 5.75. The SMILES string of the molecule is CC1C(=O)NCC1(C)OP(=O)(O)O. The molecule has 0 aliphatic carbocycles. The first-order valence-corrected chi connectivity index (χ1v) is 5.32. The first kappa shape index (κ1) is 10.7. The van der Waals surface area contributed by atoms with Crippen LogP contribution in [-0.2, 0) is 13.9 Å². The highest BCUT2D eigenvalue weighted by Crippen LogP contribution is 2.44. The highest BCUT2D eigenvalue weighted by molar-refractivity contribution is 7.46. The predicted molar refractivity (Wildman–Crippen MR) is 43.7 cm³/mol. The largest absolute Gasteiger partial charge is 0.470 e. The number of carbonyl (C=O) groups is 1. The predicted octanol–water partition coefficient (Wildman–Crippen LogP) is -0.380. The summed E-state index contributed by atoms with van der Waals surface area (Å²) in [6.07, 6.45) is 0. The monoisotopic (exact) mass is 209 g/mol. The van der Waals surface area contributed by atoms with Crippen LogP contribution >= 0.6 is 7.82 Å². The summed E-state index contributed by atoms with van der Waals surface area (Å²) in [5.74, 6) is -0.809. The van der Waals surface area contributed by atoms with Gasteiger partial charge >= 0.3 is 7.82 Å². The fourth-order valence-electron chi connectivity index (χ4n) is 1.23. The van der Waals surface area contributed by atoms with E-state index in [4.69, 9.17) is 9.79 Å². The molecule has 6 nitrogen and oxygen atoms in total. The number of rotatable bonds is 2. The van der Waals surface area contributed by atoms with E-state index < -0.39 is 19.3 Å². The minimum absolute atomic E-state index is 0.123. The van der Waals surface area contributed by atoms with Gasteiger partial charge < -0.3 is 15.1 Å². The van der Waals surface area contributed by atoms with Crippen LogP contribution in [0.1, 0.15) is 13.8 Å². The summed E-state index contributed by atoms with van der Waals surface area (Å²) < 4.78 is 15.1. The maximum absolute atomic E-state index is 11.0. The summed E-state index contributed by atoms with van der Waals surface area (Å²) in [6.45, 7) is 3.19. The summed E-state index contributed by atoms with van der Waals surface area (Å²) in [7, 11) is -4.54. The van der Waals surface area contributed by atoms with Crippen LogP contribution in [0.4, 0.5) is 0 Å². The Balaban J connectivity index is 2.78. The smallest absolute Gasteiger partial charge is 0.353 e. The maximum Gasteiger partial charge on any atom is 0.470 e. The minimum atomic E-state index is -4.54. The average molecular weight is 209 g/mol. The van der Waals surface area contributed by atoms with Crippen molar-refractivity contribution in [2.45, 2.75) is 19.4 Å². The standard InChI is InChI=1S/C6H12NO5P/c1-4-5(8)7-3-6(4,2)12-13(9,10)11/h4H,3H2,1-2H3,(H,7,8)(H2,9,10,11). The Morgan fingerprint density at radius 2 is 2.23 bits per heavy atom. The van der Waals surface area contributed by atoms with E-state index >= 15 is 0 Å². The molecule has 76 valence electrons. The van der Waals surface area contributed by atoms with E-state index in [1.165, 1.54) is 6.92 Å². The van der Waals surface area contributed by atoms with Crippen LogP contribution < -0.4 is 5.32 Å². The molecule has 13 heavy (non-hydrogen) atoms. The Morgan fingerprint density at radius 3 is 2.54 bits per heavy atom. The van der Waals surface area contributed by atoms with Crippen LogP contribution in [0, 0.1) is 5.92 Å². The third kappa shape index (κ3) is 2.28. The van der Waals surface area contributed by atoms with Crippen molar-refractivity contribution in [3.8, 4) is 0 Å². The van der Waals surface area contributed by atoms with Crippen LogP contribution in [0.15, 0.2) is 0 Å². The van der Waals surface area contributed by atoms with E-state index in [2.05, 4.69) is 9.84 Å². The van der Waals surface area contributed by atoms with E-state index in [1.54, 1.807) is 6.92 Å². The van der Waals surface area contributed by atoms with Crippen molar-refractivity contribution in [2.24, 2.45) is 5.92 Å². The molecule has 1 aliphatic rings. The molecule has 0 aromatic rings. The lowest BCUT2D eigenvalue weighted by molar-refractivity contribution is -0.124. The fraction of sp³-hybridized carbons (Fsp3) is 0.833. The van der Waals surface area contributed by atoms with Gasteiger partial charge in [-0.05, 0) is 6.92 Å². The lowest BCUT2D eigenvalue weighted by Gasteiger charge is -2.26. The first-order valence-electron chi connectivity index (χ1n) is 3.79. The van der Waals surface area contributed by atoms with Gasteiger partial charge in [-0.2, -0.15) is 0 Å². The van der Waals surface area contributed by atoms with Crippen molar-refractivity contribution in [3.05, 3.63) is 0 Å². The molecule has 1 aliphatic heterocycles. The second-order valence-electron chi connectivity index (χ2n) is 3.33. The highest BCUT2D eigenvalue weighted by atomic mass is 31.2. The molecule has 7 heteroatoms. The van der Waals surface area contributed by atoms with Crippen LogP contribution in [0.2, 0.25) is 0 Å². The summed E-state index contributed by atoms with van der Waals surface area (Å²) in [5.41, 5.74) is -1.11. The lowest BCUT2D eigenvalue weighted by atomic mass is 9.95.